The third kappa shape index (κ3) is 5.99. The second kappa shape index (κ2) is 10.3. The Labute approximate surface area is 181 Å². The Hall–Kier alpha value is -1.06. The van der Waals surface area contributed by atoms with Crippen molar-refractivity contribution in [2.75, 3.05) is 31.6 Å². The molecular weight excluding hydrogens is 481 g/mol. The van der Waals surface area contributed by atoms with Crippen LogP contribution in [0.25, 0.3) is 0 Å². The van der Waals surface area contributed by atoms with Gasteiger partial charge in [-0.1, -0.05) is 17.7 Å². The molecule has 26 heavy (non-hydrogen) atoms. The van der Waals surface area contributed by atoms with Crippen LogP contribution in [0.4, 0.5) is 5.69 Å². The molecule has 1 atom stereocenters. The minimum absolute atomic E-state index is 0. The quantitative estimate of drug-likeness (QED) is 0.370. The number of hydrogen-bond donors (Lipinski definition) is 2. The van der Waals surface area contributed by atoms with Crippen molar-refractivity contribution in [1.82, 2.24) is 15.6 Å². The van der Waals surface area contributed by atoms with Gasteiger partial charge < -0.3 is 15.5 Å². The molecule has 1 unspecified atom stereocenters. The molecule has 8 heteroatoms. The third-order valence-corrected chi connectivity index (χ3v) is 5.32. The zero-order chi connectivity index (χ0) is 17.6. The first-order valence-electron chi connectivity index (χ1n) is 8.53. The maximum atomic E-state index is 6.10. The highest BCUT2D eigenvalue weighted by Gasteiger charge is 2.23. The second-order valence-electron chi connectivity index (χ2n) is 6.16. The van der Waals surface area contributed by atoms with Gasteiger partial charge in [0.1, 0.15) is 0 Å². The molecule has 2 heterocycles. The van der Waals surface area contributed by atoms with Crippen molar-refractivity contribution in [3.63, 3.8) is 0 Å². The fraction of sp³-hybridized carbons (Fsp3) is 0.444. The van der Waals surface area contributed by atoms with E-state index in [9.17, 15) is 0 Å². The zero-order valence-electron chi connectivity index (χ0n) is 15.0. The number of nitrogens with zero attached hydrogens (tertiary/aromatic N) is 3. The average Bonchev–Trinajstić information content (AvgIpc) is 3.23. The van der Waals surface area contributed by atoms with Crippen LogP contribution in [0.15, 0.2) is 34.6 Å². The fourth-order valence-electron chi connectivity index (χ4n) is 3.01. The van der Waals surface area contributed by atoms with Crippen LogP contribution in [-0.4, -0.2) is 43.7 Å². The van der Waals surface area contributed by atoms with Crippen molar-refractivity contribution in [2.45, 2.75) is 25.8 Å². The monoisotopic (exact) mass is 505 g/mol. The van der Waals surface area contributed by atoms with Crippen LogP contribution in [-0.2, 0) is 6.42 Å². The van der Waals surface area contributed by atoms with Crippen LogP contribution in [0.1, 0.15) is 17.1 Å². The van der Waals surface area contributed by atoms with E-state index in [-0.39, 0.29) is 24.0 Å². The number of thiazole rings is 1. The Bertz CT molecular complexity index is 736. The molecule has 1 fully saturated rings. The molecule has 1 aromatic heterocycles. The first-order chi connectivity index (χ1) is 12.1. The van der Waals surface area contributed by atoms with Gasteiger partial charge in [0.15, 0.2) is 5.96 Å². The summed E-state index contributed by atoms with van der Waals surface area (Å²) in [5.74, 6) is 0.852. The largest absolute Gasteiger partial charge is 0.369 e. The summed E-state index contributed by atoms with van der Waals surface area (Å²) in [7, 11) is 1.81. The summed E-state index contributed by atoms with van der Waals surface area (Å²) < 4.78 is 0. The maximum absolute atomic E-state index is 6.10. The molecule has 1 aliphatic rings. The fourth-order valence-corrected chi connectivity index (χ4v) is 3.84. The van der Waals surface area contributed by atoms with E-state index in [0.717, 1.165) is 54.2 Å². The maximum Gasteiger partial charge on any atom is 0.191 e. The molecule has 0 amide bonds. The number of rotatable bonds is 5. The number of benzene rings is 1. The van der Waals surface area contributed by atoms with Crippen molar-refractivity contribution in [3.05, 3.63) is 45.4 Å². The Morgan fingerprint density at radius 2 is 2.31 bits per heavy atom. The minimum Gasteiger partial charge on any atom is -0.369 e. The molecule has 0 saturated carbocycles. The number of aliphatic imine (C=N–C) groups is 1. The summed E-state index contributed by atoms with van der Waals surface area (Å²) in [5.41, 5.74) is 2.32. The van der Waals surface area contributed by atoms with Gasteiger partial charge in [-0.05, 0) is 31.5 Å². The average molecular weight is 506 g/mol. The summed E-state index contributed by atoms with van der Waals surface area (Å²) in [6.45, 7) is 4.83. The van der Waals surface area contributed by atoms with E-state index < -0.39 is 0 Å². The second-order valence-corrected chi connectivity index (χ2v) is 7.66. The molecular formula is C18H25ClIN5S. The summed E-state index contributed by atoms with van der Waals surface area (Å²) in [6, 6.07) is 8.42. The summed E-state index contributed by atoms with van der Waals surface area (Å²) in [4.78, 5) is 11.2. The lowest BCUT2D eigenvalue weighted by atomic mass is 10.2. The van der Waals surface area contributed by atoms with E-state index in [1.54, 1.807) is 11.3 Å². The Morgan fingerprint density at radius 3 is 3.00 bits per heavy atom. The Morgan fingerprint density at radius 1 is 1.46 bits per heavy atom. The van der Waals surface area contributed by atoms with Gasteiger partial charge in [-0.2, -0.15) is 0 Å². The van der Waals surface area contributed by atoms with Gasteiger partial charge >= 0.3 is 0 Å². The SMILES string of the molecule is CN=C(NCCc1csc(C)n1)NC1CCN(c2cccc(Cl)c2)C1.I. The summed E-state index contributed by atoms with van der Waals surface area (Å²) in [6.07, 6.45) is 1.99. The number of hydrogen-bond acceptors (Lipinski definition) is 4. The molecule has 1 aliphatic heterocycles. The van der Waals surface area contributed by atoms with E-state index in [4.69, 9.17) is 11.6 Å². The Balaban J connectivity index is 0.00000243. The highest BCUT2D eigenvalue weighted by atomic mass is 127. The van der Waals surface area contributed by atoms with E-state index in [2.05, 4.69) is 37.0 Å². The lowest BCUT2D eigenvalue weighted by molar-refractivity contribution is 0.647. The van der Waals surface area contributed by atoms with Crippen molar-refractivity contribution >= 4 is 58.6 Å². The van der Waals surface area contributed by atoms with Crippen molar-refractivity contribution < 1.29 is 0 Å². The molecule has 1 saturated heterocycles. The summed E-state index contributed by atoms with van der Waals surface area (Å²) in [5, 5.41) is 10.9. The molecule has 0 spiro atoms. The van der Waals surface area contributed by atoms with Crippen LogP contribution in [0.2, 0.25) is 5.02 Å². The van der Waals surface area contributed by atoms with E-state index in [1.807, 2.05) is 32.2 Å². The highest BCUT2D eigenvalue weighted by Crippen LogP contribution is 2.23. The standard InChI is InChI=1S/C18H24ClN5S.HI/c1-13-22-16(12-25-13)6-8-21-18(20-2)23-15-7-9-24(11-15)17-5-3-4-14(19)10-17;/h3-5,10,12,15H,6-9,11H2,1-2H3,(H2,20,21,23);1H. The molecule has 0 bridgehead atoms. The molecule has 0 radical (unpaired) electrons. The van der Waals surface area contributed by atoms with Crippen molar-refractivity contribution in [1.29, 1.82) is 0 Å². The van der Waals surface area contributed by atoms with Crippen molar-refractivity contribution in [3.8, 4) is 0 Å². The van der Waals surface area contributed by atoms with Crippen LogP contribution in [0.3, 0.4) is 0 Å². The van der Waals surface area contributed by atoms with E-state index in [1.165, 1.54) is 5.69 Å². The highest BCUT2D eigenvalue weighted by molar-refractivity contribution is 14.0. The predicted octanol–water partition coefficient (Wildman–Crippen LogP) is 3.71. The molecule has 2 N–H and O–H groups in total. The van der Waals surface area contributed by atoms with Gasteiger partial charge in [0.2, 0.25) is 0 Å². The van der Waals surface area contributed by atoms with Crippen LogP contribution in [0.5, 0.6) is 0 Å². The molecule has 0 aliphatic carbocycles. The lowest BCUT2D eigenvalue weighted by Gasteiger charge is -2.20. The molecule has 3 rings (SSSR count). The number of halogens is 2. The van der Waals surface area contributed by atoms with Gasteiger partial charge in [0.05, 0.1) is 10.7 Å². The minimum atomic E-state index is 0. The number of nitrogens with one attached hydrogen (secondary N) is 2. The molecule has 5 nitrogen and oxygen atoms in total. The van der Waals surface area contributed by atoms with Crippen LogP contribution in [0, 0.1) is 6.92 Å². The number of aromatic nitrogens is 1. The van der Waals surface area contributed by atoms with Crippen LogP contribution < -0.4 is 15.5 Å². The molecule has 142 valence electrons. The van der Waals surface area contributed by atoms with Gasteiger partial charge in [-0.3, -0.25) is 4.99 Å². The smallest absolute Gasteiger partial charge is 0.191 e. The van der Waals surface area contributed by atoms with Crippen LogP contribution >= 0.6 is 46.9 Å². The zero-order valence-corrected chi connectivity index (χ0v) is 18.9. The number of aryl methyl sites for hydroxylation is 1. The van der Waals surface area contributed by atoms with Gasteiger partial charge in [-0.25, -0.2) is 4.98 Å². The first-order valence-corrected chi connectivity index (χ1v) is 9.78. The normalized spacial score (nSPS) is 17.1. The van der Waals surface area contributed by atoms with Crippen molar-refractivity contribution in [2.24, 2.45) is 4.99 Å². The van der Waals surface area contributed by atoms with E-state index >= 15 is 0 Å². The predicted molar refractivity (Wildman–Crippen MR) is 123 cm³/mol. The Kier molecular flexibility index (Phi) is 8.43. The lowest BCUT2D eigenvalue weighted by Crippen LogP contribution is -2.45. The molecule has 1 aromatic carbocycles. The van der Waals surface area contributed by atoms with E-state index in [0.29, 0.717) is 6.04 Å². The number of guanidine groups is 1. The number of anilines is 1. The van der Waals surface area contributed by atoms with Gasteiger partial charge in [0, 0.05) is 55.2 Å². The first kappa shape index (κ1) is 21.2. The summed E-state index contributed by atoms with van der Waals surface area (Å²) >= 11 is 7.79. The third-order valence-electron chi connectivity index (χ3n) is 4.27. The topological polar surface area (TPSA) is 52.6 Å². The van der Waals surface area contributed by atoms with Gasteiger partial charge in [0.25, 0.3) is 0 Å². The van der Waals surface area contributed by atoms with Gasteiger partial charge in [-0.15, -0.1) is 35.3 Å². The molecule has 2 aromatic rings.